The molecule has 1 aromatic carbocycles. The molecule has 0 aliphatic rings. The first-order valence-electron chi connectivity index (χ1n) is 7.84. The molecule has 0 atom stereocenters. The Kier molecular flexibility index (Phi) is 4.14. The van der Waals surface area contributed by atoms with Crippen molar-refractivity contribution >= 4 is 34.4 Å². The first-order chi connectivity index (χ1) is 12.6. The van der Waals surface area contributed by atoms with Crippen molar-refractivity contribution in [3.05, 3.63) is 80.8 Å². The number of pyridine rings is 1. The summed E-state index contributed by atoms with van der Waals surface area (Å²) in [5, 5.41) is 2.11. The number of rotatable bonds is 3. The normalized spacial score (nSPS) is 11.5. The Bertz CT molecular complexity index is 1180. The van der Waals surface area contributed by atoms with Crippen LogP contribution in [-0.4, -0.2) is 19.5 Å². The summed E-state index contributed by atoms with van der Waals surface area (Å²) in [6.45, 7) is 1.81. The van der Waals surface area contributed by atoms with E-state index in [4.69, 9.17) is 0 Å². The molecule has 0 radical (unpaired) electrons. The number of benzene rings is 1. The van der Waals surface area contributed by atoms with Gasteiger partial charge in [0.05, 0.1) is 33.5 Å². The van der Waals surface area contributed by atoms with Crippen molar-refractivity contribution in [2.45, 2.75) is 6.92 Å². The van der Waals surface area contributed by atoms with Gasteiger partial charge in [0.1, 0.15) is 11.6 Å². The molecule has 0 bridgehead atoms. The first-order valence-corrected chi connectivity index (χ1v) is 8.78. The van der Waals surface area contributed by atoms with Gasteiger partial charge >= 0.3 is 0 Å². The van der Waals surface area contributed by atoms with Gasteiger partial charge in [-0.2, -0.15) is 0 Å². The molecule has 26 heavy (non-hydrogen) atoms. The molecule has 128 valence electrons. The summed E-state index contributed by atoms with van der Waals surface area (Å²) in [4.78, 5) is 26.1. The fourth-order valence-electron chi connectivity index (χ4n) is 2.70. The molecule has 0 amide bonds. The van der Waals surface area contributed by atoms with E-state index in [0.29, 0.717) is 22.7 Å². The number of thiazole rings is 1. The molecular weight excluding hydrogens is 351 g/mol. The topological polar surface area (TPSA) is 60.7 Å². The number of halogens is 1. The largest absolute Gasteiger partial charge is 0.268 e. The quantitative estimate of drug-likeness (QED) is 0.554. The number of aryl methyl sites for hydroxylation is 1. The van der Waals surface area contributed by atoms with Crippen molar-refractivity contribution in [3.8, 4) is 5.69 Å². The van der Waals surface area contributed by atoms with Crippen LogP contribution in [0.4, 0.5) is 4.39 Å². The van der Waals surface area contributed by atoms with Gasteiger partial charge in [-0.25, -0.2) is 14.4 Å². The average molecular weight is 364 g/mol. The van der Waals surface area contributed by atoms with Gasteiger partial charge in [-0.05, 0) is 49.4 Å². The predicted molar refractivity (Wildman–Crippen MR) is 101 cm³/mol. The average Bonchev–Trinajstić information content (AvgIpc) is 3.15. The van der Waals surface area contributed by atoms with Crippen molar-refractivity contribution in [2.75, 3.05) is 0 Å². The molecule has 4 rings (SSSR count). The fourth-order valence-corrected chi connectivity index (χ4v) is 3.22. The fraction of sp³-hybridized carbons (Fsp3) is 0.0526. The van der Waals surface area contributed by atoms with Gasteiger partial charge < -0.3 is 0 Å². The molecule has 0 aliphatic carbocycles. The second-order valence-corrected chi connectivity index (χ2v) is 6.35. The van der Waals surface area contributed by atoms with Crippen molar-refractivity contribution in [1.29, 1.82) is 0 Å². The van der Waals surface area contributed by atoms with Crippen LogP contribution in [0.1, 0.15) is 17.2 Å². The maximum atomic E-state index is 13.7. The zero-order chi connectivity index (χ0) is 18.1. The maximum absolute atomic E-state index is 13.7. The molecule has 4 aromatic rings. The minimum Gasteiger partial charge on any atom is -0.268 e. The van der Waals surface area contributed by atoms with E-state index in [1.807, 2.05) is 12.3 Å². The molecule has 0 N–H and O–H groups in total. The van der Waals surface area contributed by atoms with Gasteiger partial charge in [-0.1, -0.05) is 0 Å². The van der Waals surface area contributed by atoms with Crippen molar-refractivity contribution in [2.24, 2.45) is 0 Å². The van der Waals surface area contributed by atoms with Crippen LogP contribution >= 0.6 is 11.3 Å². The minimum atomic E-state index is -0.475. The van der Waals surface area contributed by atoms with E-state index in [-0.39, 0.29) is 10.9 Å². The number of fused-ring (bicyclic) bond motifs is 1. The summed E-state index contributed by atoms with van der Waals surface area (Å²) in [5.74, 6) is -0.0465. The lowest BCUT2D eigenvalue weighted by Gasteiger charge is -2.13. The Morgan fingerprint density at radius 2 is 2.08 bits per heavy atom. The Labute approximate surface area is 152 Å². The van der Waals surface area contributed by atoms with E-state index in [1.165, 1.54) is 34.1 Å². The standard InChI is InChI=1S/C19H13FN4OS/c1-12-17(3-2-8-21-12)24-18(7-5-14-10-26-11-22-14)23-16-6-4-13(20)9-15(16)19(24)25/h2-11H,1H3. The summed E-state index contributed by atoms with van der Waals surface area (Å²) in [7, 11) is 0. The molecule has 3 aromatic heterocycles. The summed E-state index contributed by atoms with van der Waals surface area (Å²) < 4.78 is 15.1. The van der Waals surface area contributed by atoms with Crippen LogP contribution in [0.15, 0.2) is 52.2 Å². The van der Waals surface area contributed by atoms with Crippen LogP contribution in [0.25, 0.3) is 28.7 Å². The van der Waals surface area contributed by atoms with Gasteiger partial charge in [0.25, 0.3) is 5.56 Å². The van der Waals surface area contributed by atoms with Crippen LogP contribution in [-0.2, 0) is 0 Å². The zero-order valence-electron chi connectivity index (χ0n) is 13.8. The molecule has 0 fully saturated rings. The molecule has 0 saturated carbocycles. The number of hydrogen-bond donors (Lipinski definition) is 0. The lowest BCUT2D eigenvalue weighted by molar-refractivity contribution is 0.629. The van der Waals surface area contributed by atoms with Crippen LogP contribution in [0.2, 0.25) is 0 Å². The third-order valence-electron chi connectivity index (χ3n) is 3.93. The molecule has 0 spiro atoms. The van der Waals surface area contributed by atoms with E-state index in [9.17, 15) is 9.18 Å². The highest BCUT2D eigenvalue weighted by Gasteiger charge is 2.13. The van der Waals surface area contributed by atoms with Gasteiger partial charge in [0.2, 0.25) is 0 Å². The monoisotopic (exact) mass is 364 g/mol. The van der Waals surface area contributed by atoms with E-state index in [1.54, 1.807) is 36.0 Å². The Hall–Kier alpha value is -3.19. The summed E-state index contributed by atoms with van der Waals surface area (Å²) in [5.41, 5.74) is 3.88. The van der Waals surface area contributed by atoms with Crippen molar-refractivity contribution < 1.29 is 4.39 Å². The van der Waals surface area contributed by atoms with E-state index < -0.39 is 5.82 Å². The number of aromatic nitrogens is 4. The van der Waals surface area contributed by atoms with Crippen LogP contribution in [0.3, 0.4) is 0 Å². The van der Waals surface area contributed by atoms with Crippen LogP contribution in [0.5, 0.6) is 0 Å². The molecule has 0 aliphatic heterocycles. The molecule has 0 unspecified atom stereocenters. The Morgan fingerprint density at radius 1 is 1.19 bits per heavy atom. The number of hydrogen-bond acceptors (Lipinski definition) is 5. The van der Waals surface area contributed by atoms with Gasteiger partial charge in [-0.15, -0.1) is 11.3 Å². The van der Waals surface area contributed by atoms with Crippen LogP contribution in [0, 0.1) is 12.7 Å². The van der Waals surface area contributed by atoms with E-state index in [0.717, 1.165) is 5.69 Å². The van der Waals surface area contributed by atoms with E-state index in [2.05, 4.69) is 15.0 Å². The molecule has 0 saturated heterocycles. The predicted octanol–water partition coefficient (Wildman–Crippen LogP) is 3.86. The van der Waals surface area contributed by atoms with Gasteiger partial charge in [-0.3, -0.25) is 14.3 Å². The first kappa shape index (κ1) is 16.3. The summed E-state index contributed by atoms with van der Waals surface area (Å²) in [6, 6.07) is 7.55. The second-order valence-electron chi connectivity index (χ2n) is 5.63. The molecular formula is C19H13FN4OS. The SMILES string of the molecule is Cc1ncccc1-n1c(C=Cc2cscn2)nc2ccc(F)cc2c1=O. The zero-order valence-corrected chi connectivity index (χ0v) is 14.6. The highest BCUT2D eigenvalue weighted by atomic mass is 32.1. The van der Waals surface area contributed by atoms with Crippen molar-refractivity contribution in [1.82, 2.24) is 19.5 Å². The third kappa shape index (κ3) is 2.93. The summed E-state index contributed by atoms with van der Waals surface area (Å²) >= 11 is 1.48. The lowest BCUT2D eigenvalue weighted by atomic mass is 10.2. The van der Waals surface area contributed by atoms with Gasteiger partial charge in [0, 0.05) is 11.6 Å². The van der Waals surface area contributed by atoms with Crippen molar-refractivity contribution in [3.63, 3.8) is 0 Å². The summed E-state index contributed by atoms with van der Waals surface area (Å²) in [6.07, 6.45) is 5.17. The lowest BCUT2D eigenvalue weighted by Crippen LogP contribution is -2.23. The van der Waals surface area contributed by atoms with Gasteiger partial charge in [0.15, 0.2) is 0 Å². The number of nitrogens with zero attached hydrogens (tertiary/aromatic N) is 4. The highest BCUT2D eigenvalue weighted by molar-refractivity contribution is 7.07. The highest BCUT2D eigenvalue weighted by Crippen LogP contribution is 2.17. The van der Waals surface area contributed by atoms with E-state index >= 15 is 0 Å². The Morgan fingerprint density at radius 3 is 2.85 bits per heavy atom. The van der Waals surface area contributed by atoms with Crippen LogP contribution < -0.4 is 5.56 Å². The molecule has 7 heteroatoms. The third-order valence-corrected chi connectivity index (χ3v) is 4.54. The molecule has 5 nitrogen and oxygen atoms in total. The molecule has 3 heterocycles. The smallest absolute Gasteiger partial charge is 0.266 e. The maximum Gasteiger partial charge on any atom is 0.266 e. The second kappa shape index (κ2) is 6.61. The minimum absolute atomic E-state index is 0.221. The Balaban J connectivity index is 2.02.